The quantitative estimate of drug-likeness (QED) is 0.829. The smallest absolute Gasteiger partial charge is 0.257 e. The highest BCUT2D eigenvalue weighted by atomic mass is 16.5. The summed E-state index contributed by atoms with van der Waals surface area (Å²) in [7, 11) is 0. The Morgan fingerprint density at radius 1 is 1.22 bits per heavy atom. The second-order valence-corrected chi connectivity index (χ2v) is 7.67. The highest BCUT2D eigenvalue weighted by molar-refractivity contribution is 5.95. The Balaban J connectivity index is 1.52. The third-order valence-electron chi connectivity index (χ3n) is 6.05. The van der Waals surface area contributed by atoms with Crippen molar-refractivity contribution in [3.8, 4) is 0 Å². The molecule has 0 N–H and O–H groups in total. The lowest BCUT2D eigenvalue weighted by Crippen LogP contribution is -2.30. The molecule has 0 aromatic carbocycles. The van der Waals surface area contributed by atoms with E-state index in [9.17, 15) is 4.79 Å². The van der Waals surface area contributed by atoms with Gasteiger partial charge in [0.1, 0.15) is 5.82 Å². The molecule has 2 aromatic rings. The van der Waals surface area contributed by atoms with Gasteiger partial charge < -0.3 is 14.2 Å². The zero-order chi connectivity index (χ0) is 19.0. The summed E-state index contributed by atoms with van der Waals surface area (Å²) < 4.78 is 9.77. The van der Waals surface area contributed by atoms with Gasteiger partial charge in [-0.2, -0.15) is 5.10 Å². The molecule has 2 saturated heterocycles. The van der Waals surface area contributed by atoms with Crippen molar-refractivity contribution in [2.45, 2.75) is 58.5 Å². The molecule has 7 heteroatoms. The molecule has 1 amide bonds. The fourth-order valence-corrected chi connectivity index (χ4v) is 4.48. The van der Waals surface area contributed by atoms with Gasteiger partial charge in [0.05, 0.1) is 17.8 Å². The van der Waals surface area contributed by atoms with Gasteiger partial charge in [0, 0.05) is 56.4 Å². The normalized spacial score (nSPS) is 21.1. The minimum Gasteiger partial charge on any atom is -0.381 e. The number of aryl methyl sites for hydroxylation is 2. The first kappa shape index (κ1) is 18.2. The van der Waals surface area contributed by atoms with Gasteiger partial charge in [-0.3, -0.25) is 9.48 Å². The minimum absolute atomic E-state index is 0.0973. The monoisotopic (exact) mass is 371 g/mol. The van der Waals surface area contributed by atoms with Crippen LogP contribution < -0.4 is 0 Å². The fraction of sp³-hybridized carbons (Fsp3) is 0.650. The van der Waals surface area contributed by atoms with Crippen molar-refractivity contribution in [2.24, 2.45) is 0 Å². The van der Waals surface area contributed by atoms with Gasteiger partial charge in [-0.1, -0.05) is 0 Å². The number of rotatable bonds is 4. The van der Waals surface area contributed by atoms with Crippen LogP contribution in [0.1, 0.15) is 65.7 Å². The molecule has 2 aliphatic rings. The Labute approximate surface area is 160 Å². The lowest BCUT2D eigenvalue weighted by atomic mass is 9.99. The SMILES string of the molecule is CCn1ncc(C(=O)N2CCC(n3c(C)cnc3C3CCOCC3)C2)c1C. The topological polar surface area (TPSA) is 65.2 Å². The summed E-state index contributed by atoms with van der Waals surface area (Å²) in [4.78, 5) is 19.7. The van der Waals surface area contributed by atoms with Crippen LogP contribution in [0.3, 0.4) is 0 Å². The first-order valence-electron chi connectivity index (χ1n) is 10.0. The Morgan fingerprint density at radius 3 is 2.70 bits per heavy atom. The van der Waals surface area contributed by atoms with Gasteiger partial charge in [0.25, 0.3) is 5.91 Å². The number of amides is 1. The molecule has 0 radical (unpaired) electrons. The summed E-state index contributed by atoms with van der Waals surface area (Å²) in [6, 6.07) is 0.302. The standard InChI is InChI=1S/C20H29N5O2/c1-4-24-15(3)18(12-22-24)20(26)23-8-5-17(13-23)25-14(2)11-21-19(25)16-6-9-27-10-7-16/h11-12,16-17H,4-10,13H2,1-3H3. The van der Waals surface area contributed by atoms with E-state index in [-0.39, 0.29) is 5.91 Å². The molecular weight excluding hydrogens is 342 g/mol. The molecule has 0 aliphatic carbocycles. The highest BCUT2D eigenvalue weighted by Gasteiger charge is 2.33. The van der Waals surface area contributed by atoms with Crippen LogP contribution in [-0.4, -0.2) is 56.4 Å². The van der Waals surface area contributed by atoms with Crippen LogP contribution in [0.25, 0.3) is 0 Å². The molecule has 1 atom stereocenters. The Bertz CT molecular complexity index is 818. The lowest BCUT2D eigenvalue weighted by Gasteiger charge is -2.26. The lowest BCUT2D eigenvalue weighted by molar-refractivity contribution is 0.0783. The van der Waals surface area contributed by atoms with Crippen molar-refractivity contribution in [2.75, 3.05) is 26.3 Å². The molecule has 1 unspecified atom stereocenters. The van der Waals surface area contributed by atoms with E-state index in [0.717, 1.165) is 63.4 Å². The summed E-state index contributed by atoms with van der Waals surface area (Å²) in [6.07, 6.45) is 6.72. The van der Waals surface area contributed by atoms with E-state index in [1.807, 2.05) is 29.6 Å². The Hall–Kier alpha value is -2.15. The van der Waals surface area contributed by atoms with E-state index < -0.39 is 0 Å². The maximum atomic E-state index is 13.0. The van der Waals surface area contributed by atoms with Gasteiger partial charge >= 0.3 is 0 Å². The number of likely N-dealkylation sites (tertiary alicyclic amines) is 1. The third-order valence-corrected chi connectivity index (χ3v) is 6.05. The minimum atomic E-state index is 0.0973. The van der Waals surface area contributed by atoms with Crippen molar-refractivity contribution in [1.29, 1.82) is 0 Å². The highest BCUT2D eigenvalue weighted by Crippen LogP contribution is 2.32. The molecule has 0 spiro atoms. The van der Waals surface area contributed by atoms with Gasteiger partial charge in [-0.25, -0.2) is 4.98 Å². The average molecular weight is 371 g/mol. The van der Waals surface area contributed by atoms with Crippen LogP contribution in [-0.2, 0) is 11.3 Å². The van der Waals surface area contributed by atoms with E-state index in [1.54, 1.807) is 6.20 Å². The van der Waals surface area contributed by atoms with Crippen molar-refractivity contribution in [1.82, 2.24) is 24.2 Å². The Morgan fingerprint density at radius 2 is 2.00 bits per heavy atom. The second kappa shape index (κ2) is 7.46. The van der Waals surface area contributed by atoms with E-state index in [4.69, 9.17) is 9.72 Å². The van der Waals surface area contributed by atoms with E-state index >= 15 is 0 Å². The van der Waals surface area contributed by atoms with Crippen LogP contribution >= 0.6 is 0 Å². The summed E-state index contributed by atoms with van der Waals surface area (Å²) in [5.41, 5.74) is 2.86. The zero-order valence-corrected chi connectivity index (χ0v) is 16.5. The number of hydrogen-bond acceptors (Lipinski definition) is 4. The summed E-state index contributed by atoms with van der Waals surface area (Å²) in [5, 5.41) is 4.33. The summed E-state index contributed by atoms with van der Waals surface area (Å²) in [6.45, 7) is 10.1. The average Bonchev–Trinajstić information content (AvgIpc) is 3.40. The maximum absolute atomic E-state index is 13.0. The molecule has 146 valence electrons. The van der Waals surface area contributed by atoms with E-state index in [2.05, 4.69) is 16.6 Å². The van der Waals surface area contributed by atoms with Gasteiger partial charge in [-0.15, -0.1) is 0 Å². The van der Waals surface area contributed by atoms with Crippen molar-refractivity contribution in [3.05, 3.63) is 35.2 Å². The second-order valence-electron chi connectivity index (χ2n) is 7.67. The largest absolute Gasteiger partial charge is 0.381 e. The molecular formula is C20H29N5O2. The molecule has 4 rings (SSSR count). The number of imidazole rings is 1. The molecule has 27 heavy (non-hydrogen) atoms. The third kappa shape index (κ3) is 3.29. The van der Waals surface area contributed by atoms with Crippen LogP contribution in [0.5, 0.6) is 0 Å². The van der Waals surface area contributed by atoms with Crippen LogP contribution in [0.2, 0.25) is 0 Å². The van der Waals surface area contributed by atoms with Crippen molar-refractivity contribution in [3.63, 3.8) is 0 Å². The molecule has 2 aromatic heterocycles. The van der Waals surface area contributed by atoms with Gasteiger partial charge in [0.2, 0.25) is 0 Å². The maximum Gasteiger partial charge on any atom is 0.257 e. The summed E-state index contributed by atoms with van der Waals surface area (Å²) >= 11 is 0. The Kier molecular flexibility index (Phi) is 5.04. The first-order valence-corrected chi connectivity index (χ1v) is 10.0. The fourth-order valence-electron chi connectivity index (χ4n) is 4.48. The van der Waals surface area contributed by atoms with Crippen molar-refractivity contribution >= 4 is 5.91 Å². The van der Waals surface area contributed by atoms with Crippen LogP contribution in [0.15, 0.2) is 12.4 Å². The zero-order valence-electron chi connectivity index (χ0n) is 16.5. The molecule has 0 bridgehead atoms. The number of ether oxygens (including phenoxy) is 1. The van der Waals surface area contributed by atoms with Crippen LogP contribution in [0, 0.1) is 13.8 Å². The number of carbonyl (C=O) groups is 1. The van der Waals surface area contributed by atoms with Gasteiger partial charge in [-0.05, 0) is 40.0 Å². The number of hydrogen-bond donors (Lipinski definition) is 0. The number of carbonyl (C=O) groups excluding carboxylic acids is 1. The van der Waals surface area contributed by atoms with Gasteiger partial charge in [0.15, 0.2) is 0 Å². The van der Waals surface area contributed by atoms with E-state index in [1.165, 1.54) is 11.5 Å². The molecule has 2 aliphatic heterocycles. The van der Waals surface area contributed by atoms with Crippen LogP contribution in [0.4, 0.5) is 0 Å². The molecule has 4 heterocycles. The van der Waals surface area contributed by atoms with E-state index in [0.29, 0.717) is 12.0 Å². The molecule has 2 fully saturated rings. The molecule has 0 saturated carbocycles. The number of nitrogens with zero attached hydrogens (tertiary/aromatic N) is 5. The summed E-state index contributed by atoms with van der Waals surface area (Å²) in [5.74, 6) is 1.73. The first-order chi connectivity index (χ1) is 13.1. The number of aromatic nitrogens is 4. The predicted octanol–water partition coefficient (Wildman–Crippen LogP) is 2.70. The van der Waals surface area contributed by atoms with Crippen molar-refractivity contribution < 1.29 is 9.53 Å². The molecule has 7 nitrogen and oxygen atoms in total. The predicted molar refractivity (Wildman–Crippen MR) is 102 cm³/mol.